The zero-order valence-electron chi connectivity index (χ0n) is 13.8. The van der Waals surface area contributed by atoms with Gasteiger partial charge in [-0.25, -0.2) is 0 Å². The molecule has 2 aromatic rings. The van der Waals surface area contributed by atoms with Gasteiger partial charge < -0.3 is 19.6 Å². The Hall–Kier alpha value is -3.46. The number of carbonyl (C=O) groups excluding carboxylic acids is 1. The number of hydrogen-bond acceptors (Lipinski definition) is 5. The van der Waals surface area contributed by atoms with E-state index >= 15 is 0 Å². The lowest BCUT2D eigenvalue weighted by Gasteiger charge is -2.09. The third kappa shape index (κ3) is 5.92. The molecule has 0 aliphatic carbocycles. The predicted molar refractivity (Wildman–Crippen MR) is 95.9 cm³/mol. The van der Waals surface area contributed by atoms with E-state index < -0.39 is 0 Å². The monoisotopic (exact) mass is 338 g/mol. The van der Waals surface area contributed by atoms with Crippen LogP contribution in [-0.2, 0) is 9.63 Å². The maximum absolute atomic E-state index is 11.7. The van der Waals surface area contributed by atoms with Crippen LogP contribution in [0.15, 0.2) is 53.7 Å². The van der Waals surface area contributed by atoms with E-state index in [1.165, 1.54) is 13.3 Å². The second kappa shape index (κ2) is 9.63. The number of nitrogens with one attached hydrogen (secondary N) is 1. The predicted octanol–water partition coefficient (Wildman–Crippen LogP) is 2.70. The lowest BCUT2D eigenvalue weighted by Crippen LogP contribution is -2.16. The van der Waals surface area contributed by atoms with Crippen molar-refractivity contribution in [1.82, 2.24) is 0 Å². The zero-order valence-corrected chi connectivity index (χ0v) is 13.8. The molecule has 2 aromatic carbocycles. The Kier molecular flexibility index (Phi) is 6.89. The van der Waals surface area contributed by atoms with E-state index in [0.717, 1.165) is 5.56 Å². The Morgan fingerprint density at radius 3 is 2.76 bits per heavy atom. The van der Waals surface area contributed by atoms with Crippen LogP contribution in [-0.4, -0.2) is 32.4 Å². The highest BCUT2D eigenvalue weighted by Crippen LogP contribution is 2.27. The van der Waals surface area contributed by atoms with E-state index in [-0.39, 0.29) is 19.1 Å². The lowest BCUT2D eigenvalue weighted by atomic mass is 10.2. The van der Waals surface area contributed by atoms with Crippen LogP contribution < -0.4 is 14.8 Å². The van der Waals surface area contributed by atoms with Gasteiger partial charge in [0.15, 0.2) is 18.1 Å². The van der Waals surface area contributed by atoms with Crippen LogP contribution in [0.3, 0.4) is 0 Å². The molecule has 6 nitrogen and oxygen atoms in total. The van der Waals surface area contributed by atoms with Gasteiger partial charge >= 0.3 is 0 Å². The largest absolute Gasteiger partial charge is 0.493 e. The van der Waals surface area contributed by atoms with Crippen molar-refractivity contribution in [1.29, 1.82) is 0 Å². The topological polar surface area (TPSA) is 69.2 Å². The number of hydrogen-bond donors (Lipinski definition) is 1. The summed E-state index contributed by atoms with van der Waals surface area (Å²) < 4.78 is 10.6. The van der Waals surface area contributed by atoms with Crippen LogP contribution in [0.25, 0.3) is 0 Å². The van der Waals surface area contributed by atoms with Gasteiger partial charge in [-0.1, -0.05) is 29.3 Å². The summed E-state index contributed by atoms with van der Waals surface area (Å²) in [6, 6.07) is 14.3. The summed E-state index contributed by atoms with van der Waals surface area (Å²) in [7, 11) is 1.53. The van der Waals surface area contributed by atoms with Gasteiger partial charge in [-0.05, 0) is 30.3 Å². The highest BCUT2D eigenvalue weighted by atomic mass is 16.6. The van der Waals surface area contributed by atoms with E-state index in [1.54, 1.807) is 30.3 Å². The molecule has 0 aliphatic heterocycles. The molecule has 0 saturated carbocycles. The molecule has 128 valence electrons. The fourth-order valence-electron chi connectivity index (χ4n) is 1.92. The number of carbonyl (C=O) groups is 1. The number of nitrogens with zero attached hydrogens (tertiary/aromatic N) is 1. The third-order valence-corrected chi connectivity index (χ3v) is 3.03. The van der Waals surface area contributed by atoms with Crippen LogP contribution >= 0.6 is 0 Å². The highest BCUT2D eigenvalue weighted by Gasteiger charge is 2.05. The van der Waals surface area contributed by atoms with E-state index in [2.05, 4.69) is 16.4 Å². The van der Waals surface area contributed by atoms with Crippen molar-refractivity contribution >= 4 is 17.8 Å². The van der Waals surface area contributed by atoms with Crippen molar-refractivity contribution in [2.45, 2.75) is 0 Å². The Labute approximate surface area is 146 Å². The smallest absolute Gasteiger partial charge is 0.265 e. The van der Waals surface area contributed by atoms with Crippen LogP contribution in [0, 0.1) is 12.3 Å². The van der Waals surface area contributed by atoms with Crippen molar-refractivity contribution in [3.8, 4) is 23.8 Å². The van der Waals surface area contributed by atoms with Gasteiger partial charge in [0.05, 0.1) is 13.3 Å². The summed E-state index contributed by atoms with van der Waals surface area (Å²) in [4.78, 5) is 16.7. The molecule has 0 heterocycles. The normalized spacial score (nSPS) is 10.1. The van der Waals surface area contributed by atoms with Gasteiger partial charge in [-0.15, -0.1) is 6.42 Å². The van der Waals surface area contributed by atoms with Crippen molar-refractivity contribution in [2.75, 3.05) is 25.6 Å². The van der Waals surface area contributed by atoms with E-state index in [4.69, 9.17) is 20.7 Å². The summed E-state index contributed by atoms with van der Waals surface area (Å²) in [6.07, 6.45) is 6.64. The molecule has 0 saturated heterocycles. The fourth-order valence-corrected chi connectivity index (χ4v) is 1.92. The molecule has 0 aliphatic rings. The summed E-state index contributed by atoms with van der Waals surface area (Å²) in [5.74, 6) is 3.17. The first-order valence-corrected chi connectivity index (χ1v) is 7.47. The Balaban J connectivity index is 1.85. The van der Waals surface area contributed by atoms with Gasteiger partial charge in [-0.3, -0.25) is 4.79 Å². The SMILES string of the molecule is C#CCOc1ccc(C=NOCC(=O)Nc2ccccc2)cc1OC. The van der Waals surface area contributed by atoms with Crippen molar-refractivity contribution in [3.63, 3.8) is 0 Å². The minimum Gasteiger partial charge on any atom is -0.493 e. The quantitative estimate of drug-likeness (QED) is 0.456. The zero-order chi connectivity index (χ0) is 17.9. The van der Waals surface area contributed by atoms with Crippen molar-refractivity contribution in [3.05, 3.63) is 54.1 Å². The number of amides is 1. The number of ether oxygens (including phenoxy) is 2. The molecule has 0 atom stereocenters. The van der Waals surface area contributed by atoms with Gasteiger partial charge in [0, 0.05) is 11.3 Å². The number of oxime groups is 1. The molecular formula is C19H18N2O4. The van der Waals surface area contributed by atoms with Crippen molar-refractivity contribution < 1.29 is 19.1 Å². The molecule has 1 N–H and O–H groups in total. The van der Waals surface area contributed by atoms with Gasteiger partial charge in [0.1, 0.15) is 6.61 Å². The number of terminal acetylenes is 1. The fraction of sp³-hybridized carbons (Fsp3) is 0.158. The standard InChI is InChI=1S/C19H18N2O4/c1-3-11-24-17-10-9-15(12-18(17)23-2)13-20-25-14-19(22)21-16-7-5-4-6-8-16/h1,4-10,12-13H,11,14H2,2H3,(H,21,22). The molecular weight excluding hydrogens is 320 g/mol. The molecule has 0 radical (unpaired) electrons. The molecule has 1 amide bonds. The second-order valence-corrected chi connectivity index (χ2v) is 4.83. The number of anilines is 1. The molecule has 0 unspecified atom stereocenters. The second-order valence-electron chi connectivity index (χ2n) is 4.83. The van der Waals surface area contributed by atoms with Crippen LogP contribution in [0.1, 0.15) is 5.56 Å². The highest BCUT2D eigenvalue weighted by molar-refractivity contribution is 5.91. The summed E-state index contributed by atoms with van der Waals surface area (Å²) >= 11 is 0. The first kappa shape index (κ1) is 17.9. The van der Waals surface area contributed by atoms with E-state index in [9.17, 15) is 4.79 Å². The minimum absolute atomic E-state index is 0.156. The van der Waals surface area contributed by atoms with Crippen LogP contribution in [0.4, 0.5) is 5.69 Å². The molecule has 0 spiro atoms. The maximum Gasteiger partial charge on any atom is 0.265 e. The lowest BCUT2D eigenvalue weighted by molar-refractivity contribution is -0.120. The number of rotatable bonds is 8. The summed E-state index contributed by atoms with van der Waals surface area (Å²) in [6.45, 7) is -0.0324. The molecule has 25 heavy (non-hydrogen) atoms. The number of para-hydroxylation sites is 1. The van der Waals surface area contributed by atoms with Crippen LogP contribution in [0.5, 0.6) is 11.5 Å². The number of benzene rings is 2. The average molecular weight is 338 g/mol. The third-order valence-electron chi connectivity index (χ3n) is 3.03. The molecule has 0 bridgehead atoms. The average Bonchev–Trinajstić information content (AvgIpc) is 2.64. The van der Waals surface area contributed by atoms with Crippen LogP contribution in [0.2, 0.25) is 0 Å². The maximum atomic E-state index is 11.7. The Morgan fingerprint density at radius 2 is 2.04 bits per heavy atom. The molecule has 0 aromatic heterocycles. The molecule has 6 heteroatoms. The Morgan fingerprint density at radius 1 is 1.24 bits per heavy atom. The Bertz CT molecular complexity index is 767. The van der Waals surface area contributed by atoms with Gasteiger partial charge in [0.2, 0.25) is 0 Å². The number of methoxy groups -OCH3 is 1. The first-order valence-electron chi connectivity index (χ1n) is 7.47. The van der Waals surface area contributed by atoms with Gasteiger partial charge in [-0.2, -0.15) is 0 Å². The minimum atomic E-state index is -0.293. The first-order chi connectivity index (χ1) is 12.2. The van der Waals surface area contributed by atoms with E-state index in [0.29, 0.717) is 17.2 Å². The summed E-state index contributed by atoms with van der Waals surface area (Å²) in [5.41, 5.74) is 1.43. The van der Waals surface area contributed by atoms with Gasteiger partial charge in [0.25, 0.3) is 5.91 Å². The van der Waals surface area contributed by atoms with E-state index in [1.807, 2.05) is 18.2 Å². The molecule has 0 fully saturated rings. The van der Waals surface area contributed by atoms with Crippen molar-refractivity contribution in [2.24, 2.45) is 5.16 Å². The summed E-state index contributed by atoms with van der Waals surface area (Å²) in [5, 5.41) is 6.47. The molecule has 2 rings (SSSR count).